The molecule has 1 amide bonds. The molecule has 0 saturated carbocycles. The normalized spacial score (nSPS) is 16.0. The van der Waals surface area contributed by atoms with Gasteiger partial charge in [0.25, 0.3) is 5.56 Å². The van der Waals surface area contributed by atoms with E-state index in [1.54, 1.807) is 6.07 Å². The van der Waals surface area contributed by atoms with Crippen LogP contribution in [0.25, 0.3) is 10.9 Å². The van der Waals surface area contributed by atoms with E-state index in [2.05, 4.69) is 14.9 Å². The molecule has 0 spiro atoms. The number of aromatic amines is 1. The van der Waals surface area contributed by atoms with Crippen LogP contribution in [0.3, 0.4) is 0 Å². The fourth-order valence-corrected chi connectivity index (χ4v) is 2.95. The summed E-state index contributed by atoms with van der Waals surface area (Å²) in [5, 5.41) is 0.617. The highest BCUT2D eigenvalue weighted by molar-refractivity contribution is 5.77. The summed E-state index contributed by atoms with van der Waals surface area (Å²) in [7, 11) is 0. The van der Waals surface area contributed by atoms with E-state index in [1.807, 2.05) is 30.0 Å². The molecule has 23 heavy (non-hydrogen) atoms. The third kappa shape index (κ3) is 3.59. The van der Waals surface area contributed by atoms with Crippen molar-refractivity contribution in [3.63, 3.8) is 0 Å². The Hall–Kier alpha value is -2.21. The molecule has 1 fully saturated rings. The Morgan fingerprint density at radius 1 is 1.22 bits per heavy atom. The van der Waals surface area contributed by atoms with Gasteiger partial charge in [0.1, 0.15) is 5.82 Å². The number of rotatable bonds is 4. The van der Waals surface area contributed by atoms with E-state index in [0.717, 1.165) is 38.1 Å². The standard InChI is InChI=1S/C17H22N4O2/c1-2-5-16(22)21-10-8-20(9-11-21)12-15-18-14-7-4-3-6-13(14)17(23)19-15/h3-4,6-7H,2,5,8-12H2,1H3,(H,18,19,23). The predicted molar refractivity (Wildman–Crippen MR) is 89.1 cm³/mol. The number of aromatic nitrogens is 2. The van der Waals surface area contributed by atoms with Crippen LogP contribution in [-0.4, -0.2) is 51.9 Å². The van der Waals surface area contributed by atoms with Crippen molar-refractivity contribution in [2.45, 2.75) is 26.3 Å². The molecule has 1 aromatic heterocycles. The Morgan fingerprint density at radius 2 is 1.96 bits per heavy atom. The molecular weight excluding hydrogens is 292 g/mol. The molecule has 0 bridgehead atoms. The van der Waals surface area contributed by atoms with Gasteiger partial charge in [-0.15, -0.1) is 0 Å². The number of H-pyrrole nitrogens is 1. The minimum absolute atomic E-state index is 0.0950. The fraction of sp³-hybridized carbons (Fsp3) is 0.471. The summed E-state index contributed by atoms with van der Waals surface area (Å²) >= 11 is 0. The summed E-state index contributed by atoms with van der Waals surface area (Å²) in [6, 6.07) is 7.36. The summed E-state index contributed by atoms with van der Waals surface area (Å²) in [6.45, 7) is 5.75. The second-order valence-electron chi connectivity index (χ2n) is 5.94. The van der Waals surface area contributed by atoms with E-state index in [0.29, 0.717) is 24.2 Å². The van der Waals surface area contributed by atoms with Crippen molar-refractivity contribution in [3.05, 3.63) is 40.4 Å². The summed E-state index contributed by atoms with van der Waals surface area (Å²) in [5.74, 6) is 0.923. The monoisotopic (exact) mass is 314 g/mol. The molecule has 1 aliphatic rings. The number of fused-ring (bicyclic) bond motifs is 1. The Labute approximate surface area is 135 Å². The highest BCUT2D eigenvalue weighted by atomic mass is 16.2. The maximum absolute atomic E-state index is 12.1. The smallest absolute Gasteiger partial charge is 0.258 e. The Bertz CT molecular complexity index is 748. The van der Waals surface area contributed by atoms with Crippen molar-refractivity contribution in [2.75, 3.05) is 26.2 Å². The lowest BCUT2D eigenvalue weighted by Crippen LogP contribution is -2.48. The van der Waals surface area contributed by atoms with Crippen molar-refractivity contribution >= 4 is 16.8 Å². The van der Waals surface area contributed by atoms with E-state index >= 15 is 0 Å². The molecule has 0 atom stereocenters. The first-order valence-electron chi connectivity index (χ1n) is 8.15. The van der Waals surface area contributed by atoms with Gasteiger partial charge in [-0.25, -0.2) is 4.98 Å². The number of hydrogen-bond acceptors (Lipinski definition) is 4. The van der Waals surface area contributed by atoms with Gasteiger partial charge in [-0.05, 0) is 18.6 Å². The maximum atomic E-state index is 12.1. The lowest BCUT2D eigenvalue weighted by atomic mass is 10.2. The zero-order valence-corrected chi connectivity index (χ0v) is 13.4. The maximum Gasteiger partial charge on any atom is 0.258 e. The SMILES string of the molecule is CCCC(=O)N1CCN(Cc2nc3ccccc3c(=O)[nH]2)CC1. The Kier molecular flexibility index (Phi) is 4.71. The highest BCUT2D eigenvalue weighted by Gasteiger charge is 2.21. The van der Waals surface area contributed by atoms with Gasteiger partial charge in [0.15, 0.2) is 0 Å². The van der Waals surface area contributed by atoms with Gasteiger partial charge in [0.05, 0.1) is 17.4 Å². The average Bonchev–Trinajstić information content (AvgIpc) is 2.56. The summed E-state index contributed by atoms with van der Waals surface area (Å²) < 4.78 is 0. The van der Waals surface area contributed by atoms with Crippen LogP contribution in [0, 0.1) is 0 Å². The first kappa shape index (κ1) is 15.7. The largest absolute Gasteiger partial charge is 0.340 e. The lowest BCUT2D eigenvalue weighted by Gasteiger charge is -2.34. The van der Waals surface area contributed by atoms with E-state index < -0.39 is 0 Å². The van der Waals surface area contributed by atoms with Crippen LogP contribution in [0.1, 0.15) is 25.6 Å². The number of benzene rings is 1. The molecule has 1 saturated heterocycles. The van der Waals surface area contributed by atoms with Crippen LogP contribution in [0.2, 0.25) is 0 Å². The van der Waals surface area contributed by atoms with Crippen LogP contribution in [0.4, 0.5) is 0 Å². The zero-order chi connectivity index (χ0) is 16.2. The summed E-state index contributed by atoms with van der Waals surface area (Å²) in [4.78, 5) is 35.5. The van der Waals surface area contributed by atoms with E-state index in [4.69, 9.17) is 0 Å². The average molecular weight is 314 g/mol. The van der Waals surface area contributed by atoms with E-state index in [1.165, 1.54) is 0 Å². The number of para-hydroxylation sites is 1. The van der Waals surface area contributed by atoms with Crippen molar-refractivity contribution in [1.29, 1.82) is 0 Å². The van der Waals surface area contributed by atoms with Gasteiger partial charge in [0, 0.05) is 32.6 Å². The number of carbonyl (C=O) groups excluding carboxylic acids is 1. The van der Waals surface area contributed by atoms with E-state index in [9.17, 15) is 9.59 Å². The molecular formula is C17H22N4O2. The minimum atomic E-state index is -0.0950. The van der Waals surface area contributed by atoms with Crippen molar-refractivity contribution < 1.29 is 4.79 Å². The third-order valence-electron chi connectivity index (χ3n) is 4.22. The van der Waals surface area contributed by atoms with Gasteiger partial charge in [-0.1, -0.05) is 19.1 Å². The molecule has 1 N–H and O–H groups in total. The molecule has 6 heteroatoms. The summed E-state index contributed by atoms with van der Waals surface area (Å²) in [5.41, 5.74) is 0.630. The number of amides is 1. The first-order valence-corrected chi connectivity index (χ1v) is 8.15. The molecule has 122 valence electrons. The van der Waals surface area contributed by atoms with Gasteiger partial charge in [-0.2, -0.15) is 0 Å². The van der Waals surface area contributed by atoms with Gasteiger partial charge in [-0.3, -0.25) is 14.5 Å². The van der Waals surface area contributed by atoms with Crippen LogP contribution >= 0.6 is 0 Å². The van der Waals surface area contributed by atoms with E-state index in [-0.39, 0.29) is 11.5 Å². The number of piperazine rings is 1. The predicted octanol–water partition coefficient (Wildman–Crippen LogP) is 1.37. The topological polar surface area (TPSA) is 69.3 Å². The molecule has 0 radical (unpaired) electrons. The lowest BCUT2D eigenvalue weighted by molar-refractivity contribution is -0.133. The second kappa shape index (κ2) is 6.91. The van der Waals surface area contributed by atoms with Crippen LogP contribution in [0.15, 0.2) is 29.1 Å². The number of hydrogen-bond donors (Lipinski definition) is 1. The third-order valence-corrected chi connectivity index (χ3v) is 4.22. The zero-order valence-electron chi connectivity index (χ0n) is 13.4. The number of nitrogens with zero attached hydrogens (tertiary/aromatic N) is 3. The number of carbonyl (C=O) groups is 1. The minimum Gasteiger partial charge on any atom is -0.340 e. The Morgan fingerprint density at radius 3 is 2.70 bits per heavy atom. The number of nitrogens with one attached hydrogen (secondary N) is 1. The molecule has 3 rings (SSSR count). The second-order valence-corrected chi connectivity index (χ2v) is 5.94. The van der Waals surface area contributed by atoms with Crippen LogP contribution < -0.4 is 5.56 Å². The molecule has 1 aromatic carbocycles. The van der Waals surface area contributed by atoms with Gasteiger partial charge in [0.2, 0.25) is 5.91 Å². The molecule has 6 nitrogen and oxygen atoms in total. The molecule has 0 unspecified atom stereocenters. The fourth-order valence-electron chi connectivity index (χ4n) is 2.95. The van der Waals surface area contributed by atoms with Gasteiger partial charge < -0.3 is 9.88 Å². The van der Waals surface area contributed by atoms with Crippen molar-refractivity contribution in [2.24, 2.45) is 0 Å². The Balaban J connectivity index is 1.65. The molecule has 0 aliphatic carbocycles. The van der Waals surface area contributed by atoms with Crippen LogP contribution in [-0.2, 0) is 11.3 Å². The summed E-state index contributed by atoms with van der Waals surface area (Å²) in [6.07, 6.45) is 1.51. The van der Waals surface area contributed by atoms with Crippen molar-refractivity contribution in [1.82, 2.24) is 19.8 Å². The highest BCUT2D eigenvalue weighted by Crippen LogP contribution is 2.10. The molecule has 2 heterocycles. The molecule has 1 aliphatic heterocycles. The molecule has 2 aromatic rings. The van der Waals surface area contributed by atoms with Gasteiger partial charge >= 0.3 is 0 Å². The van der Waals surface area contributed by atoms with Crippen molar-refractivity contribution in [3.8, 4) is 0 Å². The van der Waals surface area contributed by atoms with Crippen LogP contribution in [0.5, 0.6) is 0 Å². The first-order chi connectivity index (χ1) is 11.2. The quantitative estimate of drug-likeness (QED) is 0.925.